The smallest absolute Gasteiger partial charge is 0.255 e. The van der Waals surface area contributed by atoms with E-state index >= 15 is 0 Å². The molecular formula is C26H22FN5O2. The molecule has 7 nitrogen and oxygen atoms in total. The molecule has 8 heteroatoms. The molecule has 0 bridgehead atoms. The number of rotatable bonds is 5. The highest BCUT2D eigenvalue weighted by Crippen LogP contribution is 2.37. The number of nitrogens with zero attached hydrogens (tertiary/aromatic N) is 3. The van der Waals surface area contributed by atoms with Crippen LogP contribution in [0.3, 0.4) is 0 Å². The number of para-hydroxylation sites is 1. The summed E-state index contributed by atoms with van der Waals surface area (Å²) < 4.78 is 20.5. The Balaban J connectivity index is 1.61. The fourth-order valence-electron chi connectivity index (χ4n) is 4.01. The number of hydrogen-bond acceptors (Lipinski definition) is 5. The lowest BCUT2D eigenvalue weighted by molar-refractivity contribution is -0.113. The summed E-state index contributed by atoms with van der Waals surface area (Å²) in [6.07, 6.45) is 0. The molecule has 1 atom stereocenters. The highest BCUT2D eigenvalue weighted by Gasteiger charge is 2.34. The van der Waals surface area contributed by atoms with Gasteiger partial charge in [0, 0.05) is 16.9 Å². The van der Waals surface area contributed by atoms with Gasteiger partial charge in [-0.2, -0.15) is 4.98 Å². The molecule has 0 spiro atoms. The van der Waals surface area contributed by atoms with Crippen molar-refractivity contribution in [3.05, 3.63) is 102 Å². The molecule has 1 aliphatic rings. The second-order valence-electron chi connectivity index (χ2n) is 7.87. The van der Waals surface area contributed by atoms with Crippen molar-refractivity contribution in [3.8, 4) is 17.1 Å². The number of carbonyl (C=O) groups is 1. The van der Waals surface area contributed by atoms with Gasteiger partial charge in [0.15, 0.2) is 5.82 Å². The number of methoxy groups -OCH3 is 1. The van der Waals surface area contributed by atoms with Gasteiger partial charge in [0.2, 0.25) is 5.95 Å². The monoisotopic (exact) mass is 455 g/mol. The van der Waals surface area contributed by atoms with E-state index in [9.17, 15) is 9.18 Å². The number of halogens is 1. The molecule has 1 aromatic heterocycles. The fraction of sp³-hybridized carbons (Fsp3) is 0.115. The number of ether oxygens (including phenoxy) is 1. The standard InChI is InChI=1S/C26H22FN5O2/c1-16-22(25(33)29-20-8-4-3-5-9-20)23(18-7-6-10-21(15-18)34-2)32-26(28-16)30-24(31-32)17-11-13-19(27)14-12-17/h3-15,23H,1-2H3,(H,29,33)(H,28,30,31). The van der Waals surface area contributed by atoms with Crippen molar-refractivity contribution in [3.63, 3.8) is 0 Å². The summed E-state index contributed by atoms with van der Waals surface area (Å²) in [6.45, 7) is 1.84. The quantitative estimate of drug-likeness (QED) is 0.442. The summed E-state index contributed by atoms with van der Waals surface area (Å²) in [4.78, 5) is 18.1. The van der Waals surface area contributed by atoms with Gasteiger partial charge >= 0.3 is 0 Å². The molecule has 1 aliphatic heterocycles. The number of amides is 1. The Bertz CT molecular complexity index is 1380. The van der Waals surface area contributed by atoms with E-state index < -0.39 is 6.04 Å². The SMILES string of the molecule is COc1cccc(C2C(C(=O)Nc3ccccc3)=C(C)Nc3nc(-c4ccc(F)cc4)nn32)c1. The topological polar surface area (TPSA) is 81.1 Å². The number of carbonyl (C=O) groups excluding carboxylic acids is 1. The van der Waals surface area contributed by atoms with Gasteiger partial charge in [-0.25, -0.2) is 9.07 Å². The first-order valence-electron chi connectivity index (χ1n) is 10.7. The molecular weight excluding hydrogens is 433 g/mol. The van der Waals surface area contributed by atoms with E-state index in [0.29, 0.717) is 40.0 Å². The lowest BCUT2D eigenvalue weighted by Gasteiger charge is -2.28. The maximum atomic E-state index is 13.5. The molecule has 0 fully saturated rings. The Labute approximate surface area is 195 Å². The van der Waals surface area contributed by atoms with E-state index in [2.05, 4.69) is 15.6 Å². The minimum atomic E-state index is -0.559. The highest BCUT2D eigenvalue weighted by molar-refractivity contribution is 6.06. The molecule has 2 heterocycles. The molecule has 3 aromatic carbocycles. The Morgan fingerprint density at radius 2 is 1.82 bits per heavy atom. The molecule has 4 aromatic rings. The van der Waals surface area contributed by atoms with Crippen LogP contribution < -0.4 is 15.4 Å². The molecule has 0 saturated carbocycles. The van der Waals surface area contributed by atoms with E-state index in [4.69, 9.17) is 9.84 Å². The zero-order valence-electron chi connectivity index (χ0n) is 18.6. The summed E-state index contributed by atoms with van der Waals surface area (Å²) in [5.74, 6) is 0.983. The third-order valence-corrected chi connectivity index (χ3v) is 5.64. The number of nitrogens with one attached hydrogen (secondary N) is 2. The first kappa shape index (κ1) is 21.4. The molecule has 5 rings (SSSR count). The predicted octanol–water partition coefficient (Wildman–Crippen LogP) is 5.02. The van der Waals surface area contributed by atoms with Crippen molar-refractivity contribution >= 4 is 17.5 Å². The zero-order valence-corrected chi connectivity index (χ0v) is 18.6. The second kappa shape index (κ2) is 8.82. The summed E-state index contributed by atoms with van der Waals surface area (Å²) >= 11 is 0. The van der Waals surface area contributed by atoms with Crippen LogP contribution in [-0.4, -0.2) is 27.8 Å². The Morgan fingerprint density at radius 3 is 2.56 bits per heavy atom. The lowest BCUT2D eigenvalue weighted by atomic mass is 9.95. The molecule has 2 N–H and O–H groups in total. The van der Waals surface area contributed by atoms with Crippen LogP contribution >= 0.6 is 0 Å². The number of fused-ring (bicyclic) bond motifs is 1. The van der Waals surface area contributed by atoms with E-state index in [0.717, 1.165) is 5.56 Å². The van der Waals surface area contributed by atoms with Gasteiger partial charge in [-0.05, 0) is 61.0 Å². The number of allylic oxidation sites excluding steroid dienone is 1. The minimum Gasteiger partial charge on any atom is -0.497 e. The van der Waals surface area contributed by atoms with E-state index in [1.165, 1.54) is 12.1 Å². The Kier molecular flexibility index (Phi) is 5.55. The second-order valence-corrected chi connectivity index (χ2v) is 7.87. The molecule has 0 radical (unpaired) electrons. The molecule has 1 amide bonds. The van der Waals surface area contributed by atoms with E-state index in [-0.39, 0.29) is 11.7 Å². The predicted molar refractivity (Wildman–Crippen MR) is 128 cm³/mol. The van der Waals surface area contributed by atoms with Crippen LogP contribution in [0.2, 0.25) is 0 Å². The maximum absolute atomic E-state index is 13.5. The Morgan fingerprint density at radius 1 is 1.06 bits per heavy atom. The largest absolute Gasteiger partial charge is 0.497 e. The zero-order chi connectivity index (χ0) is 23.7. The van der Waals surface area contributed by atoms with Crippen LogP contribution in [0.25, 0.3) is 11.4 Å². The van der Waals surface area contributed by atoms with Gasteiger partial charge in [-0.3, -0.25) is 4.79 Å². The molecule has 0 saturated heterocycles. The molecule has 170 valence electrons. The number of hydrogen-bond donors (Lipinski definition) is 2. The van der Waals surface area contributed by atoms with Crippen LogP contribution in [0.15, 0.2) is 90.1 Å². The van der Waals surface area contributed by atoms with Gasteiger partial charge in [0.25, 0.3) is 5.91 Å². The van der Waals surface area contributed by atoms with Crippen molar-refractivity contribution in [2.45, 2.75) is 13.0 Å². The van der Waals surface area contributed by atoms with E-state index in [1.807, 2.05) is 61.5 Å². The van der Waals surface area contributed by atoms with Crippen LogP contribution in [0, 0.1) is 5.82 Å². The average molecular weight is 455 g/mol. The van der Waals surface area contributed by atoms with Gasteiger partial charge in [0.1, 0.15) is 17.6 Å². The van der Waals surface area contributed by atoms with Gasteiger partial charge in [0.05, 0.1) is 12.7 Å². The summed E-state index contributed by atoms with van der Waals surface area (Å²) in [5, 5.41) is 10.9. The first-order chi connectivity index (χ1) is 16.5. The summed E-state index contributed by atoms with van der Waals surface area (Å²) in [7, 11) is 1.60. The normalized spacial score (nSPS) is 14.9. The van der Waals surface area contributed by atoms with Crippen molar-refractivity contribution in [2.75, 3.05) is 17.7 Å². The van der Waals surface area contributed by atoms with Crippen molar-refractivity contribution in [2.24, 2.45) is 0 Å². The van der Waals surface area contributed by atoms with Gasteiger partial charge in [-0.15, -0.1) is 5.10 Å². The van der Waals surface area contributed by atoms with E-state index in [1.54, 1.807) is 23.9 Å². The number of aromatic nitrogens is 3. The average Bonchev–Trinajstić information content (AvgIpc) is 3.27. The minimum absolute atomic E-state index is 0.256. The van der Waals surface area contributed by atoms with Crippen molar-refractivity contribution < 1.29 is 13.9 Å². The van der Waals surface area contributed by atoms with Crippen LogP contribution in [0.1, 0.15) is 18.5 Å². The Hall–Kier alpha value is -4.46. The van der Waals surface area contributed by atoms with Crippen LogP contribution in [0.5, 0.6) is 5.75 Å². The lowest BCUT2D eigenvalue weighted by Crippen LogP contribution is -2.31. The fourth-order valence-corrected chi connectivity index (χ4v) is 4.01. The third-order valence-electron chi connectivity index (χ3n) is 5.64. The molecule has 34 heavy (non-hydrogen) atoms. The van der Waals surface area contributed by atoms with Crippen LogP contribution in [-0.2, 0) is 4.79 Å². The first-order valence-corrected chi connectivity index (χ1v) is 10.7. The van der Waals surface area contributed by atoms with Crippen LogP contribution in [0.4, 0.5) is 16.0 Å². The highest BCUT2D eigenvalue weighted by atomic mass is 19.1. The molecule has 1 unspecified atom stereocenters. The van der Waals surface area contributed by atoms with Crippen molar-refractivity contribution in [1.29, 1.82) is 0 Å². The van der Waals surface area contributed by atoms with Gasteiger partial charge < -0.3 is 15.4 Å². The maximum Gasteiger partial charge on any atom is 0.255 e. The molecule has 0 aliphatic carbocycles. The summed E-state index contributed by atoms with van der Waals surface area (Å²) in [5.41, 5.74) is 3.33. The third kappa shape index (κ3) is 4.01. The number of benzene rings is 3. The van der Waals surface area contributed by atoms with Gasteiger partial charge in [-0.1, -0.05) is 30.3 Å². The number of anilines is 2. The van der Waals surface area contributed by atoms with Crippen molar-refractivity contribution in [1.82, 2.24) is 14.8 Å². The summed E-state index contributed by atoms with van der Waals surface area (Å²) in [6, 6.07) is 22.2.